The van der Waals surface area contributed by atoms with Gasteiger partial charge in [-0.1, -0.05) is 18.2 Å². The molecule has 0 amide bonds. The molecule has 1 fully saturated rings. The molecule has 3 heteroatoms. The zero-order valence-electron chi connectivity index (χ0n) is 10.3. The molecular formula is C15H18O3. The molecule has 96 valence electrons. The number of hydrogen-bond acceptors (Lipinski definition) is 2. The van der Waals surface area contributed by atoms with E-state index in [0.29, 0.717) is 5.92 Å². The first-order valence-corrected chi connectivity index (χ1v) is 6.71. The van der Waals surface area contributed by atoms with Crippen LogP contribution in [-0.4, -0.2) is 17.2 Å². The first-order chi connectivity index (χ1) is 8.74. The standard InChI is InChI=1S/C15H18O3/c16-15(17)11-7-5-10(6-8-11)14-9-12-3-1-2-4-13(12)18-14/h1-4,10-11,14H,5-9H2,(H,16,17). The molecule has 0 saturated heterocycles. The number of hydrogen-bond donors (Lipinski definition) is 1. The second kappa shape index (κ2) is 4.63. The summed E-state index contributed by atoms with van der Waals surface area (Å²) in [7, 11) is 0. The molecule has 1 heterocycles. The highest BCUT2D eigenvalue weighted by molar-refractivity contribution is 5.70. The van der Waals surface area contributed by atoms with Gasteiger partial charge in [-0.25, -0.2) is 0 Å². The normalized spacial score (nSPS) is 30.6. The summed E-state index contributed by atoms with van der Waals surface area (Å²) in [5.41, 5.74) is 1.29. The monoisotopic (exact) mass is 246 g/mol. The molecule has 1 unspecified atom stereocenters. The molecular weight excluding hydrogens is 228 g/mol. The van der Waals surface area contributed by atoms with Crippen LogP contribution in [0.15, 0.2) is 24.3 Å². The smallest absolute Gasteiger partial charge is 0.306 e. The van der Waals surface area contributed by atoms with Crippen LogP contribution in [0.1, 0.15) is 31.2 Å². The number of carboxylic acid groups (broad SMARTS) is 1. The topological polar surface area (TPSA) is 46.5 Å². The molecule has 1 atom stereocenters. The molecule has 3 rings (SSSR count). The molecule has 2 aliphatic rings. The van der Waals surface area contributed by atoms with E-state index in [0.717, 1.165) is 37.9 Å². The number of para-hydroxylation sites is 1. The van der Waals surface area contributed by atoms with E-state index in [1.807, 2.05) is 18.2 Å². The van der Waals surface area contributed by atoms with Crippen molar-refractivity contribution in [2.75, 3.05) is 0 Å². The lowest BCUT2D eigenvalue weighted by molar-refractivity contribution is -0.143. The number of fused-ring (bicyclic) bond motifs is 1. The second-order valence-electron chi connectivity index (χ2n) is 5.42. The highest BCUT2D eigenvalue weighted by atomic mass is 16.5. The Morgan fingerprint density at radius 1 is 1.17 bits per heavy atom. The van der Waals surface area contributed by atoms with Crippen LogP contribution in [-0.2, 0) is 11.2 Å². The number of aliphatic carboxylic acids is 1. The summed E-state index contributed by atoms with van der Waals surface area (Å²) in [6.45, 7) is 0. The van der Waals surface area contributed by atoms with Crippen LogP contribution in [0.5, 0.6) is 5.75 Å². The zero-order chi connectivity index (χ0) is 12.5. The number of rotatable bonds is 2. The van der Waals surface area contributed by atoms with Crippen LogP contribution in [0, 0.1) is 11.8 Å². The third-order valence-electron chi connectivity index (χ3n) is 4.32. The van der Waals surface area contributed by atoms with Crippen LogP contribution < -0.4 is 4.74 Å². The predicted octanol–water partition coefficient (Wildman–Crippen LogP) is 2.88. The largest absolute Gasteiger partial charge is 0.490 e. The second-order valence-corrected chi connectivity index (χ2v) is 5.42. The summed E-state index contributed by atoms with van der Waals surface area (Å²) in [6, 6.07) is 8.20. The fraction of sp³-hybridized carbons (Fsp3) is 0.533. The van der Waals surface area contributed by atoms with Gasteiger partial charge in [0.15, 0.2) is 0 Å². The Labute approximate surface area is 107 Å². The van der Waals surface area contributed by atoms with Gasteiger partial charge in [0.25, 0.3) is 0 Å². The van der Waals surface area contributed by atoms with Crippen molar-refractivity contribution in [3.8, 4) is 5.75 Å². The number of benzene rings is 1. The lowest BCUT2D eigenvalue weighted by Gasteiger charge is -2.29. The van der Waals surface area contributed by atoms with Crippen molar-refractivity contribution >= 4 is 5.97 Å². The van der Waals surface area contributed by atoms with Crippen molar-refractivity contribution in [1.82, 2.24) is 0 Å². The number of ether oxygens (including phenoxy) is 1. The van der Waals surface area contributed by atoms with Crippen molar-refractivity contribution < 1.29 is 14.6 Å². The van der Waals surface area contributed by atoms with Crippen LogP contribution in [0.4, 0.5) is 0 Å². The molecule has 3 nitrogen and oxygen atoms in total. The minimum absolute atomic E-state index is 0.134. The maximum absolute atomic E-state index is 10.9. The van der Waals surface area contributed by atoms with Gasteiger partial charge >= 0.3 is 5.97 Å². The van der Waals surface area contributed by atoms with Crippen molar-refractivity contribution in [1.29, 1.82) is 0 Å². The quantitative estimate of drug-likeness (QED) is 0.872. The number of carbonyl (C=O) groups is 1. The SMILES string of the molecule is O=C(O)C1CCC(C2Cc3ccccc3O2)CC1. The van der Waals surface area contributed by atoms with E-state index in [9.17, 15) is 4.79 Å². The van der Waals surface area contributed by atoms with Gasteiger partial charge in [-0.05, 0) is 43.2 Å². The maximum atomic E-state index is 10.9. The van der Waals surface area contributed by atoms with Gasteiger partial charge in [0.2, 0.25) is 0 Å². The summed E-state index contributed by atoms with van der Waals surface area (Å²) in [5, 5.41) is 9.00. The fourth-order valence-electron chi connectivity index (χ4n) is 3.21. The fourth-order valence-corrected chi connectivity index (χ4v) is 3.21. The van der Waals surface area contributed by atoms with Gasteiger partial charge in [0.1, 0.15) is 11.9 Å². The zero-order valence-corrected chi connectivity index (χ0v) is 10.3. The molecule has 1 saturated carbocycles. The summed E-state index contributed by atoms with van der Waals surface area (Å²) < 4.78 is 5.99. The minimum atomic E-state index is -0.635. The summed E-state index contributed by atoms with van der Waals surface area (Å²) in [4.78, 5) is 10.9. The van der Waals surface area contributed by atoms with Crippen LogP contribution in [0.25, 0.3) is 0 Å². The first-order valence-electron chi connectivity index (χ1n) is 6.71. The molecule has 1 aromatic rings. The van der Waals surface area contributed by atoms with E-state index in [1.165, 1.54) is 5.56 Å². The Kier molecular flexibility index (Phi) is 2.98. The van der Waals surface area contributed by atoms with E-state index in [4.69, 9.17) is 9.84 Å². The van der Waals surface area contributed by atoms with Crippen LogP contribution in [0.3, 0.4) is 0 Å². The van der Waals surface area contributed by atoms with E-state index in [-0.39, 0.29) is 12.0 Å². The Bertz CT molecular complexity index is 422. The van der Waals surface area contributed by atoms with Gasteiger partial charge in [-0.2, -0.15) is 0 Å². The Balaban J connectivity index is 1.61. The van der Waals surface area contributed by atoms with E-state index < -0.39 is 5.97 Å². The van der Waals surface area contributed by atoms with Crippen LogP contribution >= 0.6 is 0 Å². The maximum Gasteiger partial charge on any atom is 0.306 e. The lowest BCUT2D eigenvalue weighted by Crippen LogP contribution is -2.31. The molecule has 1 aliphatic heterocycles. The van der Waals surface area contributed by atoms with Crippen molar-refractivity contribution in [3.63, 3.8) is 0 Å². The van der Waals surface area contributed by atoms with E-state index >= 15 is 0 Å². The average molecular weight is 246 g/mol. The average Bonchev–Trinajstić information content (AvgIpc) is 2.82. The van der Waals surface area contributed by atoms with Crippen molar-refractivity contribution in [2.45, 2.75) is 38.2 Å². The molecule has 0 aromatic heterocycles. The van der Waals surface area contributed by atoms with Gasteiger partial charge in [-0.3, -0.25) is 4.79 Å². The van der Waals surface area contributed by atoms with E-state index in [2.05, 4.69) is 6.07 Å². The Morgan fingerprint density at radius 3 is 2.56 bits per heavy atom. The van der Waals surface area contributed by atoms with Gasteiger partial charge in [0.05, 0.1) is 5.92 Å². The Hall–Kier alpha value is -1.51. The molecule has 1 aromatic carbocycles. The summed E-state index contributed by atoms with van der Waals surface area (Å²) >= 11 is 0. The molecule has 1 aliphatic carbocycles. The van der Waals surface area contributed by atoms with Gasteiger partial charge in [-0.15, -0.1) is 0 Å². The van der Waals surface area contributed by atoms with Gasteiger partial charge in [0, 0.05) is 6.42 Å². The van der Waals surface area contributed by atoms with E-state index in [1.54, 1.807) is 0 Å². The molecule has 1 N–H and O–H groups in total. The molecule has 0 spiro atoms. The Morgan fingerprint density at radius 2 is 1.89 bits per heavy atom. The molecule has 0 bridgehead atoms. The molecule has 0 radical (unpaired) electrons. The highest BCUT2D eigenvalue weighted by Crippen LogP contribution is 2.38. The third kappa shape index (κ3) is 2.09. The lowest BCUT2D eigenvalue weighted by atomic mass is 9.78. The van der Waals surface area contributed by atoms with Crippen molar-refractivity contribution in [2.24, 2.45) is 11.8 Å². The van der Waals surface area contributed by atoms with Gasteiger partial charge < -0.3 is 9.84 Å². The van der Waals surface area contributed by atoms with Crippen LogP contribution in [0.2, 0.25) is 0 Å². The first kappa shape index (κ1) is 11.6. The molecule has 18 heavy (non-hydrogen) atoms. The summed E-state index contributed by atoms with van der Waals surface area (Å²) in [5.74, 6) is 0.768. The minimum Gasteiger partial charge on any atom is -0.490 e. The predicted molar refractivity (Wildman–Crippen MR) is 67.6 cm³/mol. The highest BCUT2D eigenvalue weighted by Gasteiger charge is 2.34. The summed E-state index contributed by atoms with van der Waals surface area (Å²) in [6.07, 6.45) is 4.81. The van der Waals surface area contributed by atoms with Crippen molar-refractivity contribution in [3.05, 3.63) is 29.8 Å². The third-order valence-corrected chi connectivity index (χ3v) is 4.32. The number of carboxylic acids is 1.